The number of aromatic nitrogens is 1. The summed E-state index contributed by atoms with van der Waals surface area (Å²) in [7, 11) is 1.45. The van der Waals surface area contributed by atoms with Crippen LogP contribution in [0.5, 0.6) is 5.75 Å². The summed E-state index contributed by atoms with van der Waals surface area (Å²) in [4.78, 5) is 23.0. The van der Waals surface area contributed by atoms with Gasteiger partial charge in [0.05, 0.1) is 23.9 Å². The fourth-order valence-electron chi connectivity index (χ4n) is 3.64. The third-order valence-electron chi connectivity index (χ3n) is 5.33. The van der Waals surface area contributed by atoms with Crippen LogP contribution in [0.15, 0.2) is 90.0 Å². The number of benzene rings is 3. The number of nitro groups is 1. The highest BCUT2D eigenvalue weighted by molar-refractivity contribution is 5.95. The zero-order valence-electron chi connectivity index (χ0n) is 18.6. The van der Waals surface area contributed by atoms with Crippen LogP contribution in [0.4, 0.5) is 5.69 Å². The molecule has 4 aromatic rings. The number of non-ortho nitro benzene ring substituents is 1. The summed E-state index contributed by atoms with van der Waals surface area (Å²) < 4.78 is 7.32. The molecule has 0 aliphatic rings. The number of hydrogen-bond acceptors (Lipinski definition) is 5. The molecule has 0 unspecified atom stereocenters. The van der Waals surface area contributed by atoms with E-state index in [2.05, 4.69) is 39.4 Å². The molecule has 8 heteroatoms. The number of amides is 1. The first kappa shape index (κ1) is 22.5. The third-order valence-corrected chi connectivity index (χ3v) is 5.33. The zero-order valence-corrected chi connectivity index (χ0v) is 18.6. The van der Waals surface area contributed by atoms with Crippen LogP contribution in [0.1, 0.15) is 21.6 Å². The lowest BCUT2D eigenvalue weighted by Gasteiger charge is -2.12. The first-order valence-corrected chi connectivity index (χ1v) is 10.5. The number of nitrogens with zero attached hydrogens (tertiary/aromatic N) is 3. The summed E-state index contributed by atoms with van der Waals surface area (Å²) in [5.74, 6) is 0.00368. The molecule has 170 valence electrons. The molecule has 1 heterocycles. The van der Waals surface area contributed by atoms with Gasteiger partial charge in [-0.05, 0) is 55.0 Å². The number of rotatable bonds is 7. The van der Waals surface area contributed by atoms with Crippen LogP contribution in [0, 0.1) is 17.0 Å². The van der Waals surface area contributed by atoms with Crippen LogP contribution >= 0.6 is 0 Å². The number of carbonyl (C=O) groups excluding carboxylic acids is 1. The largest absolute Gasteiger partial charge is 0.496 e. The maximum absolute atomic E-state index is 12.5. The summed E-state index contributed by atoms with van der Waals surface area (Å²) in [6.07, 6.45) is 1.31. The monoisotopic (exact) mass is 454 g/mol. The Hall–Kier alpha value is -4.72. The molecule has 0 spiro atoms. The van der Waals surface area contributed by atoms with Gasteiger partial charge in [-0.15, -0.1) is 0 Å². The van der Waals surface area contributed by atoms with Crippen LogP contribution in [0.25, 0.3) is 16.9 Å². The molecule has 8 nitrogen and oxygen atoms in total. The van der Waals surface area contributed by atoms with Crippen molar-refractivity contribution in [1.29, 1.82) is 0 Å². The molecule has 0 aliphatic heterocycles. The van der Waals surface area contributed by atoms with Crippen LogP contribution in [0.3, 0.4) is 0 Å². The van der Waals surface area contributed by atoms with E-state index >= 15 is 0 Å². The molecule has 0 bridgehead atoms. The van der Waals surface area contributed by atoms with Crippen molar-refractivity contribution >= 4 is 17.8 Å². The topological polar surface area (TPSA) is 98.8 Å². The molecule has 3 aromatic carbocycles. The number of hydrogen-bond donors (Lipinski definition) is 1. The number of aryl methyl sites for hydroxylation is 1. The van der Waals surface area contributed by atoms with E-state index in [1.165, 1.54) is 31.5 Å². The van der Waals surface area contributed by atoms with Crippen LogP contribution in [-0.2, 0) is 0 Å². The molecule has 1 amide bonds. The Kier molecular flexibility index (Phi) is 6.49. The van der Waals surface area contributed by atoms with Crippen LogP contribution in [0.2, 0.25) is 0 Å². The van der Waals surface area contributed by atoms with Crippen LogP contribution < -0.4 is 10.2 Å². The molecule has 34 heavy (non-hydrogen) atoms. The van der Waals surface area contributed by atoms with Gasteiger partial charge in [0.2, 0.25) is 0 Å². The Morgan fingerprint density at radius 1 is 1.03 bits per heavy atom. The van der Waals surface area contributed by atoms with E-state index in [0.717, 1.165) is 22.6 Å². The first-order chi connectivity index (χ1) is 16.5. The molecule has 0 fully saturated rings. The van der Waals surface area contributed by atoms with Gasteiger partial charge in [0.25, 0.3) is 11.6 Å². The number of methoxy groups -OCH3 is 1. The van der Waals surface area contributed by atoms with E-state index in [-0.39, 0.29) is 5.69 Å². The van der Waals surface area contributed by atoms with Crippen molar-refractivity contribution < 1.29 is 14.5 Å². The predicted octanol–water partition coefficient (Wildman–Crippen LogP) is 5.13. The predicted molar refractivity (Wildman–Crippen MR) is 131 cm³/mol. The van der Waals surface area contributed by atoms with E-state index in [1.807, 2.05) is 37.3 Å². The quantitative estimate of drug-likeness (QED) is 0.238. The Morgan fingerprint density at radius 2 is 1.76 bits per heavy atom. The maximum atomic E-state index is 12.5. The lowest BCUT2D eigenvalue weighted by atomic mass is 10.1. The molecular formula is C26H22N4O4. The number of carbonyl (C=O) groups is 1. The van der Waals surface area contributed by atoms with Gasteiger partial charge in [-0.1, -0.05) is 30.3 Å². The van der Waals surface area contributed by atoms with E-state index in [4.69, 9.17) is 4.74 Å². The van der Waals surface area contributed by atoms with Crippen molar-refractivity contribution in [3.63, 3.8) is 0 Å². The molecule has 0 atom stereocenters. The highest BCUT2D eigenvalue weighted by Crippen LogP contribution is 2.26. The summed E-state index contributed by atoms with van der Waals surface area (Å²) in [5.41, 5.74) is 7.33. The van der Waals surface area contributed by atoms with Gasteiger partial charge in [-0.2, -0.15) is 5.10 Å². The van der Waals surface area contributed by atoms with E-state index in [0.29, 0.717) is 16.9 Å². The molecule has 0 aliphatic carbocycles. The molecule has 1 aromatic heterocycles. The fourth-order valence-corrected chi connectivity index (χ4v) is 3.64. The molecular weight excluding hydrogens is 432 g/mol. The van der Waals surface area contributed by atoms with Gasteiger partial charge >= 0.3 is 0 Å². The summed E-state index contributed by atoms with van der Waals surface area (Å²) in [6, 6.07) is 25.6. The molecule has 0 saturated carbocycles. The number of ether oxygens (including phenoxy) is 1. The van der Waals surface area contributed by atoms with Crippen molar-refractivity contribution in [2.45, 2.75) is 6.92 Å². The molecule has 4 rings (SSSR count). The first-order valence-electron chi connectivity index (χ1n) is 10.5. The Bertz CT molecular complexity index is 1360. The number of hydrazone groups is 1. The molecule has 1 N–H and O–H groups in total. The minimum Gasteiger partial charge on any atom is -0.496 e. The Morgan fingerprint density at radius 3 is 2.44 bits per heavy atom. The van der Waals surface area contributed by atoms with Crippen molar-refractivity contribution in [2.24, 2.45) is 5.10 Å². The minimum atomic E-state index is -0.507. The van der Waals surface area contributed by atoms with Gasteiger partial charge in [-0.25, -0.2) is 5.43 Å². The maximum Gasteiger partial charge on any atom is 0.271 e. The molecule has 0 radical (unpaired) electrons. The minimum absolute atomic E-state index is 0.0978. The lowest BCUT2D eigenvalue weighted by Crippen LogP contribution is -2.17. The van der Waals surface area contributed by atoms with E-state index < -0.39 is 10.8 Å². The highest BCUT2D eigenvalue weighted by atomic mass is 16.6. The smallest absolute Gasteiger partial charge is 0.271 e. The highest BCUT2D eigenvalue weighted by Gasteiger charge is 2.12. The number of nitrogens with one attached hydrogen (secondary N) is 1. The molecule has 0 saturated heterocycles. The second kappa shape index (κ2) is 9.83. The third kappa shape index (κ3) is 4.71. The van der Waals surface area contributed by atoms with Gasteiger partial charge in [0.1, 0.15) is 5.75 Å². The Labute approximate surface area is 196 Å². The second-order valence-corrected chi connectivity index (χ2v) is 7.49. The van der Waals surface area contributed by atoms with E-state index in [9.17, 15) is 14.9 Å². The van der Waals surface area contributed by atoms with Crippen LogP contribution in [-0.4, -0.2) is 28.7 Å². The van der Waals surface area contributed by atoms with Gasteiger partial charge < -0.3 is 9.30 Å². The van der Waals surface area contributed by atoms with E-state index in [1.54, 1.807) is 12.1 Å². The average molecular weight is 454 g/mol. The van der Waals surface area contributed by atoms with Crippen molar-refractivity contribution in [3.05, 3.63) is 112 Å². The second-order valence-electron chi connectivity index (χ2n) is 7.49. The van der Waals surface area contributed by atoms with Crippen molar-refractivity contribution in [1.82, 2.24) is 9.99 Å². The summed E-state index contributed by atoms with van der Waals surface area (Å²) in [6.45, 7) is 2.03. The van der Waals surface area contributed by atoms with Gasteiger partial charge in [-0.3, -0.25) is 14.9 Å². The number of nitro benzene ring substituents is 1. The average Bonchev–Trinajstić information content (AvgIpc) is 3.25. The Balaban J connectivity index is 1.51. The zero-order chi connectivity index (χ0) is 24.1. The summed E-state index contributed by atoms with van der Waals surface area (Å²) >= 11 is 0. The summed E-state index contributed by atoms with van der Waals surface area (Å²) in [5, 5.41) is 14.9. The fraction of sp³-hybridized carbons (Fsp3) is 0.0769. The SMILES string of the molecule is COc1ccc([N+](=O)[O-])cc1/C=N/NC(=O)c1ccc(-n2c(C)ccc2-c2ccccc2)cc1. The van der Waals surface area contributed by atoms with Gasteiger partial charge in [0.15, 0.2) is 0 Å². The lowest BCUT2D eigenvalue weighted by molar-refractivity contribution is -0.384. The van der Waals surface area contributed by atoms with Gasteiger partial charge in [0, 0.05) is 34.6 Å². The van der Waals surface area contributed by atoms with Crippen molar-refractivity contribution in [2.75, 3.05) is 7.11 Å². The van der Waals surface area contributed by atoms with Crippen molar-refractivity contribution in [3.8, 4) is 22.7 Å². The normalized spacial score (nSPS) is 10.9. The standard InChI is InChI=1S/C26H22N4O4/c1-18-8-14-24(19-6-4-3-5-7-19)29(18)22-11-9-20(10-12-22)26(31)28-27-17-21-16-23(30(32)33)13-15-25(21)34-2/h3-17H,1-2H3,(H,28,31)/b27-17+.